The highest BCUT2D eigenvalue weighted by Gasteiger charge is 2.08. The Hall–Kier alpha value is -3.21. The van der Waals surface area contributed by atoms with Gasteiger partial charge in [-0.1, -0.05) is 0 Å². The summed E-state index contributed by atoms with van der Waals surface area (Å²) in [5, 5.41) is 6.12. The minimum Gasteiger partial charge on any atom is -0.459 e. The van der Waals surface area contributed by atoms with Gasteiger partial charge in [-0.25, -0.2) is 0 Å². The van der Waals surface area contributed by atoms with Crippen LogP contribution in [0.3, 0.4) is 0 Å². The molecule has 3 rings (SSSR count). The van der Waals surface area contributed by atoms with Gasteiger partial charge in [0.05, 0.1) is 6.26 Å². The molecular formula is C19H19N3O2. The van der Waals surface area contributed by atoms with E-state index in [0.29, 0.717) is 5.69 Å². The number of furan rings is 1. The summed E-state index contributed by atoms with van der Waals surface area (Å²) in [5.41, 5.74) is 3.82. The van der Waals surface area contributed by atoms with E-state index in [9.17, 15) is 4.79 Å². The second kappa shape index (κ2) is 6.91. The van der Waals surface area contributed by atoms with Crippen molar-refractivity contribution in [2.24, 2.45) is 0 Å². The fraction of sp³-hybridized carbons (Fsp3) is 0.105. The summed E-state index contributed by atoms with van der Waals surface area (Å²) < 4.78 is 5.07. The molecule has 24 heavy (non-hydrogen) atoms. The van der Waals surface area contributed by atoms with Crippen molar-refractivity contribution in [1.82, 2.24) is 0 Å². The van der Waals surface area contributed by atoms with Crippen molar-refractivity contribution in [1.29, 1.82) is 0 Å². The second-order valence-corrected chi connectivity index (χ2v) is 5.58. The molecule has 0 fully saturated rings. The van der Waals surface area contributed by atoms with Gasteiger partial charge in [0.2, 0.25) is 0 Å². The van der Waals surface area contributed by atoms with Gasteiger partial charge in [-0.2, -0.15) is 0 Å². The molecule has 0 saturated carbocycles. The zero-order valence-electron chi connectivity index (χ0n) is 13.6. The standard InChI is InChI=1S/C19H19N3O2/c1-22(2)17-11-9-15(10-12-17)20-14-5-7-16(8-6-14)21-19(23)18-4-3-13-24-18/h3-13,20H,1-2H3,(H,21,23). The number of hydrogen-bond acceptors (Lipinski definition) is 4. The first-order valence-electron chi connectivity index (χ1n) is 7.61. The molecule has 2 aromatic carbocycles. The van der Waals surface area contributed by atoms with Crippen LogP contribution in [0.1, 0.15) is 10.6 Å². The lowest BCUT2D eigenvalue weighted by atomic mass is 10.2. The first kappa shape index (κ1) is 15.7. The van der Waals surface area contributed by atoms with Gasteiger partial charge in [-0.05, 0) is 60.7 Å². The molecule has 0 aliphatic rings. The van der Waals surface area contributed by atoms with Gasteiger partial charge in [0.25, 0.3) is 5.91 Å². The van der Waals surface area contributed by atoms with Crippen molar-refractivity contribution in [2.75, 3.05) is 29.6 Å². The molecule has 0 saturated heterocycles. The lowest BCUT2D eigenvalue weighted by molar-refractivity contribution is 0.0996. The normalized spacial score (nSPS) is 10.2. The van der Waals surface area contributed by atoms with Crippen LogP contribution in [-0.4, -0.2) is 20.0 Å². The number of amides is 1. The van der Waals surface area contributed by atoms with E-state index in [1.165, 1.54) is 6.26 Å². The number of rotatable bonds is 5. The Kier molecular flexibility index (Phi) is 4.52. The van der Waals surface area contributed by atoms with Gasteiger partial charge < -0.3 is 20.0 Å². The van der Waals surface area contributed by atoms with E-state index in [2.05, 4.69) is 27.7 Å². The highest BCUT2D eigenvalue weighted by molar-refractivity contribution is 6.02. The SMILES string of the molecule is CN(C)c1ccc(Nc2ccc(NC(=O)c3ccco3)cc2)cc1. The van der Waals surface area contributed by atoms with Crippen molar-refractivity contribution < 1.29 is 9.21 Å². The summed E-state index contributed by atoms with van der Waals surface area (Å²) in [4.78, 5) is 14.0. The lowest BCUT2D eigenvalue weighted by Crippen LogP contribution is -2.10. The predicted molar refractivity (Wildman–Crippen MR) is 97.2 cm³/mol. The minimum absolute atomic E-state index is 0.264. The van der Waals surface area contributed by atoms with Gasteiger partial charge in [-0.15, -0.1) is 0 Å². The minimum atomic E-state index is -0.264. The van der Waals surface area contributed by atoms with Gasteiger partial charge in [-0.3, -0.25) is 4.79 Å². The third-order valence-electron chi connectivity index (χ3n) is 3.56. The Morgan fingerprint density at radius 3 is 2.00 bits per heavy atom. The topological polar surface area (TPSA) is 57.5 Å². The molecular weight excluding hydrogens is 302 g/mol. The molecule has 0 spiro atoms. The van der Waals surface area contributed by atoms with Crippen LogP contribution in [0.15, 0.2) is 71.3 Å². The third kappa shape index (κ3) is 3.76. The van der Waals surface area contributed by atoms with Crippen molar-refractivity contribution in [3.05, 3.63) is 72.7 Å². The zero-order chi connectivity index (χ0) is 16.9. The van der Waals surface area contributed by atoms with Crippen LogP contribution in [0.5, 0.6) is 0 Å². The summed E-state index contributed by atoms with van der Waals surface area (Å²) in [6.07, 6.45) is 1.48. The fourth-order valence-electron chi connectivity index (χ4n) is 2.25. The monoisotopic (exact) mass is 321 g/mol. The Bertz CT molecular complexity index is 792. The molecule has 0 aliphatic heterocycles. The maximum absolute atomic E-state index is 11.9. The maximum atomic E-state index is 11.9. The third-order valence-corrected chi connectivity index (χ3v) is 3.56. The summed E-state index contributed by atoms with van der Waals surface area (Å²) in [5.74, 6) is 0.0261. The number of nitrogens with zero attached hydrogens (tertiary/aromatic N) is 1. The van der Waals surface area contributed by atoms with Crippen LogP contribution in [0, 0.1) is 0 Å². The van der Waals surface area contributed by atoms with E-state index in [1.807, 2.05) is 50.5 Å². The second-order valence-electron chi connectivity index (χ2n) is 5.58. The average Bonchev–Trinajstić information content (AvgIpc) is 3.12. The van der Waals surface area contributed by atoms with Crippen molar-refractivity contribution >= 4 is 28.7 Å². The van der Waals surface area contributed by atoms with Crippen LogP contribution in [-0.2, 0) is 0 Å². The molecule has 0 atom stereocenters. The van der Waals surface area contributed by atoms with Crippen LogP contribution in [0.25, 0.3) is 0 Å². The van der Waals surface area contributed by atoms with E-state index in [-0.39, 0.29) is 11.7 Å². The molecule has 5 nitrogen and oxygen atoms in total. The van der Waals surface area contributed by atoms with Crippen molar-refractivity contribution in [3.63, 3.8) is 0 Å². The van der Waals surface area contributed by atoms with E-state index in [4.69, 9.17) is 4.42 Å². The molecule has 0 unspecified atom stereocenters. The summed E-state index contributed by atoms with van der Waals surface area (Å²) >= 11 is 0. The number of carbonyl (C=O) groups is 1. The first-order valence-corrected chi connectivity index (χ1v) is 7.61. The van der Waals surface area contributed by atoms with Crippen LogP contribution >= 0.6 is 0 Å². The number of hydrogen-bond donors (Lipinski definition) is 2. The molecule has 3 aromatic rings. The van der Waals surface area contributed by atoms with Crippen LogP contribution < -0.4 is 15.5 Å². The van der Waals surface area contributed by atoms with Gasteiger partial charge in [0.15, 0.2) is 5.76 Å². The largest absolute Gasteiger partial charge is 0.459 e. The van der Waals surface area contributed by atoms with Crippen molar-refractivity contribution in [2.45, 2.75) is 0 Å². The Balaban J connectivity index is 1.63. The van der Waals surface area contributed by atoms with E-state index >= 15 is 0 Å². The molecule has 5 heteroatoms. The molecule has 0 aliphatic carbocycles. The smallest absolute Gasteiger partial charge is 0.291 e. The maximum Gasteiger partial charge on any atom is 0.291 e. The fourth-order valence-corrected chi connectivity index (χ4v) is 2.25. The summed E-state index contributed by atoms with van der Waals surface area (Å²) in [6.45, 7) is 0. The van der Waals surface area contributed by atoms with E-state index in [0.717, 1.165) is 17.1 Å². The zero-order valence-corrected chi connectivity index (χ0v) is 13.6. The summed E-state index contributed by atoms with van der Waals surface area (Å²) in [7, 11) is 4.02. The Labute approximate surface area is 140 Å². The lowest BCUT2D eigenvalue weighted by Gasteiger charge is -2.13. The Morgan fingerprint density at radius 2 is 1.46 bits per heavy atom. The summed E-state index contributed by atoms with van der Waals surface area (Å²) in [6, 6.07) is 19.0. The number of benzene rings is 2. The van der Waals surface area contributed by atoms with E-state index in [1.54, 1.807) is 12.1 Å². The molecule has 0 bridgehead atoms. The number of nitrogens with one attached hydrogen (secondary N) is 2. The molecule has 2 N–H and O–H groups in total. The molecule has 1 heterocycles. The van der Waals surface area contributed by atoms with Gasteiger partial charge in [0.1, 0.15) is 0 Å². The number of anilines is 4. The van der Waals surface area contributed by atoms with E-state index < -0.39 is 0 Å². The quantitative estimate of drug-likeness (QED) is 0.734. The predicted octanol–water partition coefficient (Wildman–Crippen LogP) is 4.34. The molecule has 1 amide bonds. The van der Waals surface area contributed by atoms with Crippen molar-refractivity contribution in [3.8, 4) is 0 Å². The van der Waals surface area contributed by atoms with Gasteiger partial charge in [0, 0.05) is 36.8 Å². The van der Waals surface area contributed by atoms with Crippen LogP contribution in [0.2, 0.25) is 0 Å². The highest BCUT2D eigenvalue weighted by Crippen LogP contribution is 2.21. The average molecular weight is 321 g/mol. The highest BCUT2D eigenvalue weighted by atomic mass is 16.3. The number of carbonyl (C=O) groups excluding carboxylic acids is 1. The molecule has 0 radical (unpaired) electrons. The first-order chi connectivity index (χ1) is 11.6. The molecule has 122 valence electrons. The molecule has 1 aromatic heterocycles. The van der Waals surface area contributed by atoms with Crippen LogP contribution in [0.4, 0.5) is 22.7 Å². The van der Waals surface area contributed by atoms with Gasteiger partial charge >= 0.3 is 0 Å². The Morgan fingerprint density at radius 1 is 0.875 bits per heavy atom.